The van der Waals surface area contributed by atoms with Gasteiger partial charge in [0.1, 0.15) is 11.4 Å². The van der Waals surface area contributed by atoms with Crippen molar-refractivity contribution in [2.45, 2.75) is 12.5 Å². The topological polar surface area (TPSA) is 65.3 Å². The predicted molar refractivity (Wildman–Crippen MR) is 82.2 cm³/mol. The van der Waals surface area contributed by atoms with Crippen molar-refractivity contribution >= 4 is 5.69 Å². The smallest absolute Gasteiger partial charge is 0.143 e. The summed E-state index contributed by atoms with van der Waals surface area (Å²) >= 11 is 0. The van der Waals surface area contributed by atoms with E-state index in [9.17, 15) is 5.11 Å². The summed E-state index contributed by atoms with van der Waals surface area (Å²) in [4.78, 5) is 0. The van der Waals surface area contributed by atoms with Crippen LogP contribution in [0.4, 0.5) is 5.69 Å². The highest BCUT2D eigenvalue weighted by molar-refractivity contribution is 5.59. The van der Waals surface area contributed by atoms with Crippen LogP contribution >= 0.6 is 0 Å². The third kappa shape index (κ3) is 3.53. The third-order valence-corrected chi connectivity index (χ3v) is 3.35. The van der Waals surface area contributed by atoms with Crippen LogP contribution in [0.3, 0.4) is 0 Å². The van der Waals surface area contributed by atoms with E-state index in [-0.39, 0.29) is 0 Å². The molecular formula is C17H18N2O2. The standard InChI is InChI=1S/C17H18N2O2/c1-17(20,14-6-4-3-5-7-14)12-19-15-9-8-13(11-18)10-16(15)21-2/h3-10,19-20H,12H2,1-2H3. The predicted octanol–water partition coefficient (Wildman–Crippen LogP) is 2.89. The van der Waals surface area contributed by atoms with Crippen molar-refractivity contribution in [3.05, 3.63) is 59.7 Å². The fourth-order valence-electron chi connectivity index (χ4n) is 2.07. The lowest BCUT2D eigenvalue weighted by molar-refractivity contribution is 0.0715. The minimum absolute atomic E-state index is 0.333. The van der Waals surface area contributed by atoms with Crippen molar-refractivity contribution in [3.8, 4) is 11.8 Å². The average Bonchev–Trinajstić information content (AvgIpc) is 2.53. The summed E-state index contributed by atoms with van der Waals surface area (Å²) in [6.07, 6.45) is 0. The molecule has 21 heavy (non-hydrogen) atoms. The first kappa shape index (κ1) is 14.9. The molecule has 0 bridgehead atoms. The number of benzene rings is 2. The van der Waals surface area contributed by atoms with Gasteiger partial charge < -0.3 is 15.2 Å². The van der Waals surface area contributed by atoms with E-state index in [0.717, 1.165) is 11.3 Å². The highest BCUT2D eigenvalue weighted by atomic mass is 16.5. The Balaban J connectivity index is 2.15. The minimum Gasteiger partial charge on any atom is -0.495 e. The molecule has 2 aromatic rings. The number of aliphatic hydroxyl groups is 1. The molecule has 108 valence electrons. The molecule has 1 unspecified atom stereocenters. The molecule has 0 heterocycles. The van der Waals surface area contributed by atoms with Crippen LogP contribution in [0, 0.1) is 11.3 Å². The molecular weight excluding hydrogens is 264 g/mol. The Labute approximate surface area is 124 Å². The van der Waals surface area contributed by atoms with Crippen molar-refractivity contribution in [2.75, 3.05) is 19.0 Å². The van der Waals surface area contributed by atoms with Gasteiger partial charge >= 0.3 is 0 Å². The van der Waals surface area contributed by atoms with E-state index in [1.165, 1.54) is 0 Å². The van der Waals surface area contributed by atoms with Gasteiger partial charge in [-0.3, -0.25) is 0 Å². The van der Waals surface area contributed by atoms with Crippen LogP contribution in [0.2, 0.25) is 0 Å². The van der Waals surface area contributed by atoms with Crippen molar-refractivity contribution in [1.82, 2.24) is 0 Å². The molecule has 0 spiro atoms. The minimum atomic E-state index is -1.000. The van der Waals surface area contributed by atoms with Crippen LogP contribution in [-0.4, -0.2) is 18.8 Å². The van der Waals surface area contributed by atoms with Crippen LogP contribution in [0.1, 0.15) is 18.1 Å². The molecule has 0 radical (unpaired) electrons. The molecule has 2 aromatic carbocycles. The van der Waals surface area contributed by atoms with Gasteiger partial charge in [0.05, 0.1) is 24.4 Å². The molecule has 0 aliphatic rings. The Bertz CT molecular complexity index is 646. The normalized spacial score (nSPS) is 13.0. The lowest BCUT2D eigenvalue weighted by atomic mass is 9.96. The summed E-state index contributed by atoms with van der Waals surface area (Å²) in [6.45, 7) is 2.09. The van der Waals surface area contributed by atoms with E-state index >= 15 is 0 Å². The zero-order chi connectivity index (χ0) is 15.3. The molecule has 2 rings (SSSR count). The molecule has 0 aromatic heterocycles. The zero-order valence-electron chi connectivity index (χ0n) is 12.1. The second kappa shape index (κ2) is 6.29. The number of nitrogens with zero attached hydrogens (tertiary/aromatic N) is 1. The first-order valence-electron chi connectivity index (χ1n) is 6.67. The van der Waals surface area contributed by atoms with E-state index < -0.39 is 5.60 Å². The van der Waals surface area contributed by atoms with Crippen molar-refractivity contribution in [2.24, 2.45) is 0 Å². The van der Waals surface area contributed by atoms with E-state index in [4.69, 9.17) is 10.00 Å². The van der Waals surface area contributed by atoms with Crippen LogP contribution in [0.15, 0.2) is 48.5 Å². The number of methoxy groups -OCH3 is 1. The lowest BCUT2D eigenvalue weighted by Crippen LogP contribution is -2.30. The summed E-state index contributed by atoms with van der Waals surface area (Å²) in [7, 11) is 1.55. The summed E-state index contributed by atoms with van der Waals surface area (Å²) in [5.74, 6) is 0.581. The number of ether oxygens (including phenoxy) is 1. The number of nitriles is 1. The number of hydrogen-bond donors (Lipinski definition) is 2. The van der Waals surface area contributed by atoms with Crippen molar-refractivity contribution in [3.63, 3.8) is 0 Å². The maximum absolute atomic E-state index is 10.6. The maximum Gasteiger partial charge on any atom is 0.143 e. The highest BCUT2D eigenvalue weighted by Gasteiger charge is 2.22. The van der Waals surface area contributed by atoms with Gasteiger partial charge in [0.2, 0.25) is 0 Å². The molecule has 0 saturated heterocycles. The Morgan fingerprint density at radius 3 is 2.57 bits per heavy atom. The van der Waals surface area contributed by atoms with Gasteiger partial charge in [-0.15, -0.1) is 0 Å². The molecule has 4 nitrogen and oxygen atoms in total. The average molecular weight is 282 g/mol. The van der Waals surface area contributed by atoms with Gasteiger partial charge in [-0.1, -0.05) is 30.3 Å². The largest absolute Gasteiger partial charge is 0.495 e. The van der Waals surface area contributed by atoms with Gasteiger partial charge in [-0.25, -0.2) is 0 Å². The molecule has 1 atom stereocenters. The fraction of sp³-hybridized carbons (Fsp3) is 0.235. The van der Waals surface area contributed by atoms with Crippen molar-refractivity contribution < 1.29 is 9.84 Å². The second-order valence-corrected chi connectivity index (χ2v) is 5.02. The van der Waals surface area contributed by atoms with Crippen LogP contribution in [0.5, 0.6) is 5.75 Å². The maximum atomic E-state index is 10.6. The summed E-state index contributed by atoms with van der Waals surface area (Å²) in [5, 5.41) is 22.6. The Hall–Kier alpha value is -2.51. The number of nitrogens with one attached hydrogen (secondary N) is 1. The molecule has 0 saturated carbocycles. The van der Waals surface area contributed by atoms with Gasteiger partial charge in [0.25, 0.3) is 0 Å². The van der Waals surface area contributed by atoms with Gasteiger partial charge in [0.15, 0.2) is 0 Å². The molecule has 4 heteroatoms. The van der Waals surface area contributed by atoms with Crippen LogP contribution in [-0.2, 0) is 5.60 Å². The lowest BCUT2D eigenvalue weighted by Gasteiger charge is -2.25. The Morgan fingerprint density at radius 1 is 1.24 bits per heavy atom. The second-order valence-electron chi connectivity index (χ2n) is 5.02. The Morgan fingerprint density at radius 2 is 1.95 bits per heavy atom. The Kier molecular flexibility index (Phi) is 4.46. The molecule has 0 fully saturated rings. The molecule has 0 aliphatic heterocycles. The first-order valence-corrected chi connectivity index (χ1v) is 6.67. The van der Waals surface area contributed by atoms with Crippen LogP contribution < -0.4 is 10.1 Å². The quantitative estimate of drug-likeness (QED) is 0.885. The zero-order valence-corrected chi connectivity index (χ0v) is 12.1. The summed E-state index contributed by atoms with van der Waals surface area (Å²) < 4.78 is 5.26. The highest BCUT2D eigenvalue weighted by Crippen LogP contribution is 2.27. The van der Waals surface area contributed by atoms with E-state index in [0.29, 0.717) is 17.9 Å². The van der Waals surface area contributed by atoms with Gasteiger partial charge in [-0.2, -0.15) is 5.26 Å². The molecule has 2 N–H and O–H groups in total. The van der Waals surface area contributed by atoms with Crippen LogP contribution in [0.25, 0.3) is 0 Å². The van der Waals surface area contributed by atoms with Gasteiger partial charge in [-0.05, 0) is 24.6 Å². The number of hydrogen-bond acceptors (Lipinski definition) is 4. The summed E-state index contributed by atoms with van der Waals surface area (Å²) in [5.41, 5.74) is 1.12. The van der Waals surface area contributed by atoms with Gasteiger partial charge in [0, 0.05) is 12.6 Å². The third-order valence-electron chi connectivity index (χ3n) is 3.35. The van der Waals surface area contributed by atoms with E-state index in [2.05, 4.69) is 11.4 Å². The summed E-state index contributed by atoms with van der Waals surface area (Å²) in [6, 6.07) is 16.7. The van der Waals surface area contributed by atoms with E-state index in [1.807, 2.05) is 30.3 Å². The number of anilines is 1. The SMILES string of the molecule is COc1cc(C#N)ccc1NCC(C)(O)c1ccccc1. The fourth-order valence-corrected chi connectivity index (χ4v) is 2.07. The molecule has 0 amide bonds. The first-order chi connectivity index (χ1) is 10.1. The monoisotopic (exact) mass is 282 g/mol. The number of rotatable bonds is 5. The van der Waals surface area contributed by atoms with Crippen molar-refractivity contribution in [1.29, 1.82) is 5.26 Å². The molecule has 0 aliphatic carbocycles. The van der Waals surface area contributed by atoms with E-state index in [1.54, 1.807) is 32.2 Å².